The molecule has 2 aliphatic rings. The number of rotatable bonds is 3. The van der Waals surface area contributed by atoms with Gasteiger partial charge in [-0.25, -0.2) is 0 Å². The Morgan fingerprint density at radius 2 is 1.71 bits per heavy atom. The lowest BCUT2D eigenvalue weighted by atomic mass is 9.81. The van der Waals surface area contributed by atoms with Crippen LogP contribution < -0.4 is 0 Å². The highest BCUT2D eigenvalue weighted by atomic mass is 16.3. The molecular weight excluding hydrogens is 262 g/mol. The number of piperidine rings is 1. The van der Waals surface area contributed by atoms with Crippen LogP contribution in [0.5, 0.6) is 0 Å². The summed E-state index contributed by atoms with van der Waals surface area (Å²) in [7, 11) is 0. The third-order valence-electron chi connectivity index (χ3n) is 5.42. The largest absolute Gasteiger partial charge is 0.396 e. The molecule has 1 saturated carbocycles. The summed E-state index contributed by atoms with van der Waals surface area (Å²) in [6, 6.07) is 11.0. The maximum absolute atomic E-state index is 10.3. The van der Waals surface area contributed by atoms with Crippen molar-refractivity contribution in [2.75, 3.05) is 19.7 Å². The van der Waals surface area contributed by atoms with Crippen LogP contribution in [0.3, 0.4) is 0 Å². The van der Waals surface area contributed by atoms with Crippen LogP contribution in [0.2, 0.25) is 0 Å². The van der Waals surface area contributed by atoms with E-state index >= 15 is 0 Å². The van der Waals surface area contributed by atoms with Crippen molar-refractivity contribution in [1.82, 2.24) is 4.90 Å². The fourth-order valence-electron chi connectivity index (χ4n) is 4.06. The Kier molecular flexibility index (Phi) is 4.94. The molecule has 1 saturated heterocycles. The van der Waals surface area contributed by atoms with Crippen molar-refractivity contribution < 1.29 is 10.2 Å². The van der Waals surface area contributed by atoms with E-state index in [1.54, 1.807) is 0 Å². The first-order chi connectivity index (χ1) is 10.3. The van der Waals surface area contributed by atoms with E-state index in [9.17, 15) is 10.2 Å². The molecule has 1 aromatic rings. The molecule has 0 spiro atoms. The van der Waals surface area contributed by atoms with Gasteiger partial charge >= 0.3 is 0 Å². The van der Waals surface area contributed by atoms with Gasteiger partial charge in [0.05, 0.1) is 6.10 Å². The smallest absolute Gasteiger partial charge is 0.0695 e. The van der Waals surface area contributed by atoms with E-state index in [1.165, 1.54) is 18.4 Å². The third kappa shape index (κ3) is 3.47. The zero-order valence-electron chi connectivity index (χ0n) is 12.7. The number of benzene rings is 1. The quantitative estimate of drug-likeness (QED) is 0.898. The molecule has 3 atom stereocenters. The molecular formula is C18H27NO2. The van der Waals surface area contributed by atoms with E-state index in [1.807, 2.05) is 0 Å². The summed E-state index contributed by atoms with van der Waals surface area (Å²) in [5, 5.41) is 19.7. The monoisotopic (exact) mass is 289 g/mol. The highest BCUT2D eigenvalue weighted by Gasteiger charge is 2.34. The van der Waals surface area contributed by atoms with Crippen molar-refractivity contribution in [2.24, 2.45) is 5.92 Å². The van der Waals surface area contributed by atoms with E-state index in [0.717, 1.165) is 32.4 Å². The van der Waals surface area contributed by atoms with Gasteiger partial charge in [-0.3, -0.25) is 4.90 Å². The first-order valence-corrected chi connectivity index (χ1v) is 8.36. The predicted molar refractivity (Wildman–Crippen MR) is 84.2 cm³/mol. The van der Waals surface area contributed by atoms with E-state index in [4.69, 9.17) is 0 Å². The number of hydrogen-bond donors (Lipinski definition) is 2. The average molecular weight is 289 g/mol. The molecule has 0 bridgehead atoms. The third-order valence-corrected chi connectivity index (χ3v) is 5.42. The molecule has 1 aromatic carbocycles. The first-order valence-electron chi connectivity index (χ1n) is 8.36. The molecule has 116 valence electrons. The van der Waals surface area contributed by atoms with Gasteiger partial charge in [-0.2, -0.15) is 0 Å². The fraction of sp³-hybridized carbons (Fsp3) is 0.667. The van der Waals surface area contributed by atoms with Gasteiger partial charge in [-0.15, -0.1) is 0 Å². The van der Waals surface area contributed by atoms with Crippen LogP contribution in [0.1, 0.15) is 43.6 Å². The fourth-order valence-corrected chi connectivity index (χ4v) is 4.06. The second-order valence-corrected chi connectivity index (χ2v) is 6.72. The second-order valence-electron chi connectivity index (χ2n) is 6.72. The molecule has 1 heterocycles. The Hall–Kier alpha value is -0.900. The summed E-state index contributed by atoms with van der Waals surface area (Å²) >= 11 is 0. The highest BCUT2D eigenvalue weighted by Crippen LogP contribution is 2.33. The zero-order valence-corrected chi connectivity index (χ0v) is 12.7. The normalized spacial score (nSPS) is 32.2. The number of likely N-dealkylation sites (tertiary alicyclic amines) is 1. The molecule has 2 N–H and O–H groups in total. The lowest BCUT2D eigenvalue weighted by Gasteiger charge is -2.43. The van der Waals surface area contributed by atoms with Gasteiger partial charge in [0.15, 0.2) is 0 Å². The lowest BCUT2D eigenvalue weighted by molar-refractivity contribution is -0.0152. The molecule has 0 aromatic heterocycles. The van der Waals surface area contributed by atoms with E-state index in [0.29, 0.717) is 11.8 Å². The average Bonchev–Trinajstić information content (AvgIpc) is 2.56. The van der Waals surface area contributed by atoms with Gasteiger partial charge in [0.2, 0.25) is 0 Å². The van der Waals surface area contributed by atoms with Crippen molar-refractivity contribution in [2.45, 2.75) is 50.2 Å². The van der Waals surface area contributed by atoms with Crippen LogP contribution in [0.25, 0.3) is 0 Å². The molecule has 0 radical (unpaired) electrons. The molecule has 21 heavy (non-hydrogen) atoms. The Bertz CT molecular complexity index is 428. The van der Waals surface area contributed by atoms with Crippen molar-refractivity contribution in [3.63, 3.8) is 0 Å². The molecule has 3 rings (SSSR count). The van der Waals surface area contributed by atoms with Gasteiger partial charge in [-0.1, -0.05) is 30.3 Å². The topological polar surface area (TPSA) is 43.7 Å². The van der Waals surface area contributed by atoms with Crippen LogP contribution in [-0.2, 0) is 0 Å². The molecule has 1 aliphatic heterocycles. The van der Waals surface area contributed by atoms with Crippen molar-refractivity contribution >= 4 is 0 Å². The number of aliphatic hydroxyl groups excluding tert-OH is 2. The molecule has 1 aliphatic carbocycles. The molecule has 2 fully saturated rings. The first kappa shape index (κ1) is 15.0. The Balaban J connectivity index is 1.57. The Labute approximate surface area is 127 Å². The zero-order chi connectivity index (χ0) is 14.7. The van der Waals surface area contributed by atoms with Crippen molar-refractivity contribution in [3.05, 3.63) is 35.9 Å². The minimum absolute atomic E-state index is 0.207. The van der Waals surface area contributed by atoms with Crippen LogP contribution in [0.4, 0.5) is 0 Å². The maximum Gasteiger partial charge on any atom is 0.0695 e. The Morgan fingerprint density at radius 1 is 1.00 bits per heavy atom. The summed E-state index contributed by atoms with van der Waals surface area (Å²) in [6.07, 6.45) is 4.91. The minimum atomic E-state index is -0.207. The summed E-state index contributed by atoms with van der Waals surface area (Å²) in [6.45, 7) is 2.41. The highest BCUT2D eigenvalue weighted by molar-refractivity contribution is 5.20. The lowest BCUT2D eigenvalue weighted by Crippen LogP contribution is -2.50. The van der Waals surface area contributed by atoms with Gasteiger partial charge < -0.3 is 10.2 Å². The molecule has 3 heteroatoms. The van der Waals surface area contributed by atoms with Gasteiger partial charge in [0.25, 0.3) is 0 Å². The summed E-state index contributed by atoms with van der Waals surface area (Å²) < 4.78 is 0. The second kappa shape index (κ2) is 6.91. The molecule has 0 unspecified atom stereocenters. The Morgan fingerprint density at radius 3 is 2.38 bits per heavy atom. The summed E-state index contributed by atoms with van der Waals surface area (Å²) in [4.78, 5) is 2.46. The van der Waals surface area contributed by atoms with Crippen molar-refractivity contribution in [1.29, 1.82) is 0 Å². The summed E-state index contributed by atoms with van der Waals surface area (Å²) in [5.41, 5.74) is 1.45. The standard InChI is InChI=1S/C18H27NO2/c20-13-14-6-7-18(21)17(12-14)19-10-8-16(9-11-19)15-4-2-1-3-5-15/h1-5,14,16-18,20-21H,6-13H2/t14-,17+,18+/m0/s1. The maximum atomic E-state index is 10.3. The minimum Gasteiger partial charge on any atom is -0.396 e. The van der Waals surface area contributed by atoms with E-state index in [-0.39, 0.29) is 18.8 Å². The number of aliphatic hydroxyl groups is 2. The predicted octanol–water partition coefficient (Wildman–Crippen LogP) is 2.39. The van der Waals surface area contributed by atoms with Crippen LogP contribution in [-0.4, -0.2) is 47.0 Å². The van der Waals surface area contributed by atoms with Crippen LogP contribution >= 0.6 is 0 Å². The van der Waals surface area contributed by atoms with E-state index < -0.39 is 0 Å². The van der Waals surface area contributed by atoms with Crippen LogP contribution in [0.15, 0.2) is 30.3 Å². The molecule has 3 nitrogen and oxygen atoms in total. The number of nitrogens with zero attached hydrogens (tertiary/aromatic N) is 1. The van der Waals surface area contributed by atoms with Gasteiger partial charge in [0, 0.05) is 12.6 Å². The molecule has 0 amide bonds. The van der Waals surface area contributed by atoms with Crippen molar-refractivity contribution in [3.8, 4) is 0 Å². The van der Waals surface area contributed by atoms with E-state index in [2.05, 4.69) is 35.2 Å². The van der Waals surface area contributed by atoms with Crippen LogP contribution in [0, 0.1) is 5.92 Å². The summed E-state index contributed by atoms with van der Waals surface area (Å²) in [5.74, 6) is 1.04. The van der Waals surface area contributed by atoms with Gasteiger partial charge in [-0.05, 0) is 62.6 Å². The number of hydrogen-bond acceptors (Lipinski definition) is 3. The SMILES string of the molecule is OC[C@H]1CC[C@@H](O)[C@H](N2CCC(c3ccccc3)CC2)C1. The van der Waals surface area contributed by atoms with Gasteiger partial charge in [0.1, 0.15) is 0 Å².